The summed E-state index contributed by atoms with van der Waals surface area (Å²) < 4.78 is 16.6. The Kier molecular flexibility index (Phi) is 7.20. The molecule has 1 aliphatic heterocycles. The minimum Gasteiger partial charge on any atom is -0.490 e. The van der Waals surface area contributed by atoms with Gasteiger partial charge in [-0.1, -0.05) is 19.1 Å². The van der Waals surface area contributed by atoms with Crippen LogP contribution in [0.5, 0.6) is 5.75 Å². The standard InChI is InChI=1S/C23H35NO5/c1-8-18-15-17-14-16(11-12-19(17)28-18)10-9-13-27-20(25)24(22(2,3)4)21(26)29-23(5,6)7/h11-12,14,18H,8-10,13,15H2,1-7H3. The summed E-state index contributed by atoms with van der Waals surface area (Å²) in [6, 6.07) is 6.26. The minimum atomic E-state index is -0.741. The average Bonchev–Trinajstić information content (AvgIpc) is 2.98. The molecule has 0 aromatic heterocycles. The van der Waals surface area contributed by atoms with E-state index in [1.807, 2.05) is 6.07 Å². The van der Waals surface area contributed by atoms with Crippen LogP contribution in [0, 0.1) is 0 Å². The van der Waals surface area contributed by atoms with Gasteiger partial charge >= 0.3 is 12.2 Å². The minimum absolute atomic E-state index is 0.235. The zero-order valence-electron chi connectivity index (χ0n) is 18.8. The number of carbonyl (C=O) groups is 2. The average molecular weight is 406 g/mol. The van der Waals surface area contributed by atoms with Gasteiger partial charge in [-0.15, -0.1) is 0 Å². The van der Waals surface area contributed by atoms with Crippen molar-refractivity contribution in [3.63, 3.8) is 0 Å². The van der Waals surface area contributed by atoms with Crippen molar-refractivity contribution in [1.82, 2.24) is 4.90 Å². The number of hydrogen-bond donors (Lipinski definition) is 0. The molecule has 0 saturated heterocycles. The van der Waals surface area contributed by atoms with Gasteiger partial charge in [0.05, 0.1) is 6.61 Å². The molecule has 1 atom stereocenters. The molecule has 162 valence electrons. The number of fused-ring (bicyclic) bond motifs is 1. The van der Waals surface area contributed by atoms with Gasteiger partial charge in [-0.25, -0.2) is 14.5 Å². The number of ether oxygens (including phenoxy) is 3. The van der Waals surface area contributed by atoms with Crippen LogP contribution in [0.15, 0.2) is 18.2 Å². The van der Waals surface area contributed by atoms with E-state index < -0.39 is 23.3 Å². The highest BCUT2D eigenvalue weighted by Crippen LogP contribution is 2.31. The van der Waals surface area contributed by atoms with Crippen molar-refractivity contribution in [2.24, 2.45) is 0 Å². The van der Waals surface area contributed by atoms with Crippen LogP contribution in [-0.4, -0.2) is 40.9 Å². The van der Waals surface area contributed by atoms with Crippen molar-refractivity contribution >= 4 is 12.2 Å². The zero-order valence-corrected chi connectivity index (χ0v) is 18.8. The second-order valence-electron chi connectivity index (χ2n) is 9.50. The van der Waals surface area contributed by atoms with Crippen LogP contribution in [0.3, 0.4) is 0 Å². The Morgan fingerprint density at radius 1 is 1.14 bits per heavy atom. The fourth-order valence-corrected chi connectivity index (χ4v) is 3.19. The van der Waals surface area contributed by atoms with Crippen LogP contribution in [0.4, 0.5) is 9.59 Å². The molecular formula is C23H35NO5. The summed E-state index contributed by atoms with van der Waals surface area (Å²) in [6.45, 7) is 13.0. The number of rotatable bonds is 5. The molecule has 0 bridgehead atoms. The molecule has 1 heterocycles. The maximum Gasteiger partial charge on any atom is 0.420 e. The molecule has 0 N–H and O–H groups in total. The molecular weight excluding hydrogens is 370 g/mol. The van der Waals surface area contributed by atoms with Crippen molar-refractivity contribution in [2.75, 3.05) is 6.61 Å². The van der Waals surface area contributed by atoms with Crippen LogP contribution in [0.1, 0.15) is 72.4 Å². The van der Waals surface area contributed by atoms with Crippen molar-refractivity contribution < 1.29 is 23.8 Å². The molecule has 29 heavy (non-hydrogen) atoms. The highest BCUT2D eigenvalue weighted by Gasteiger charge is 2.37. The SMILES string of the molecule is CCC1Cc2cc(CCCOC(=O)N(C(=O)OC(C)(C)C)C(C)(C)C)ccc2O1. The van der Waals surface area contributed by atoms with Crippen molar-refractivity contribution in [1.29, 1.82) is 0 Å². The molecule has 1 aromatic carbocycles. The largest absolute Gasteiger partial charge is 0.490 e. The number of imide groups is 1. The summed E-state index contributed by atoms with van der Waals surface area (Å²) in [7, 11) is 0. The van der Waals surface area contributed by atoms with Gasteiger partial charge in [-0.2, -0.15) is 0 Å². The predicted octanol–water partition coefficient (Wildman–Crippen LogP) is 5.50. The van der Waals surface area contributed by atoms with E-state index >= 15 is 0 Å². The molecule has 6 nitrogen and oxygen atoms in total. The Labute approximate surface area is 174 Å². The van der Waals surface area contributed by atoms with Gasteiger partial charge in [0, 0.05) is 12.0 Å². The van der Waals surface area contributed by atoms with Crippen LogP contribution in [0.2, 0.25) is 0 Å². The normalized spacial score (nSPS) is 16.0. The van der Waals surface area contributed by atoms with Crippen LogP contribution < -0.4 is 4.74 Å². The van der Waals surface area contributed by atoms with Crippen LogP contribution >= 0.6 is 0 Å². The van der Waals surface area contributed by atoms with Gasteiger partial charge in [-0.3, -0.25) is 0 Å². The third-order valence-corrected chi connectivity index (χ3v) is 4.59. The summed E-state index contributed by atoms with van der Waals surface area (Å²) in [4.78, 5) is 26.0. The van der Waals surface area contributed by atoms with E-state index in [1.165, 1.54) is 11.1 Å². The molecule has 0 saturated carbocycles. The number of benzene rings is 1. The summed E-state index contributed by atoms with van der Waals surface area (Å²) >= 11 is 0. The van der Waals surface area contributed by atoms with E-state index in [0.29, 0.717) is 6.42 Å². The fourth-order valence-electron chi connectivity index (χ4n) is 3.19. The lowest BCUT2D eigenvalue weighted by molar-refractivity contribution is 0.00430. The molecule has 0 fully saturated rings. The lowest BCUT2D eigenvalue weighted by Gasteiger charge is -2.34. The molecule has 6 heteroatoms. The van der Waals surface area contributed by atoms with Crippen molar-refractivity contribution in [3.8, 4) is 5.75 Å². The third-order valence-electron chi connectivity index (χ3n) is 4.59. The molecule has 2 amide bonds. The molecule has 1 unspecified atom stereocenters. The second-order valence-corrected chi connectivity index (χ2v) is 9.50. The Morgan fingerprint density at radius 3 is 2.41 bits per heavy atom. The fraction of sp³-hybridized carbons (Fsp3) is 0.652. The van der Waals surface area contributed by atoms with E-state index in [2.05, 4.69) is 19.1 Å². The first-order chi connectivity index (χ1) is 13.4. The van der Waals surface area contributed by atoms with Gasteiger partial charge < -0.3 is 14.2 Å². The molecule has 0 spiro atoms. The number of amides is 2. The van der Waals surface area contributed by atoms with Gasteiger partial charge in [-0.05, 0) is 78.0 Å². The van der Waals surface area contributed by atoms with Crippen LogP contribution in [-0.2, 0) is 22.3 Å². The van der Waals surface area contributed by atoms with Gasteiger partial charge in [0.25, 0.3) is 0 Å². The Morgan fingerprint density at radius 2 is 1.83 bits per heavy atom. The van der Waals surface area contributed by atoms with E-state index in [4.69, 9.17) is 14.2 Å². The number of aryl methyl sites for hydroxylation is 1. The topological polar surface area (TPSA) is 65.1 Å². The number of nitrogens with zero attached hydrogens (tertiary/aromatic N) is 1. The molecule has 0 aliphatic carbocycles. The smallest absolute Gasteiger partial charge is 0.420 e. The maximum atomic E-state index is 12.5. The lowest BCUT2D eigenvalue weighted by atomic mass is 10.0. The molecule has 2 rings (SSSR count). The first-order valence-electron chi connectivity index (χ1n) is 10.4. The first-order valence-corrected chi connectivity index (χ1v) is 10.4. The molecule has 1 aromatic rings. The summed E-state index contributed by atoms with van der Waals surface area (Å²) in [5.74, 6) is 0.977. The van der Waals surface area contributed by atoms with E-state index in [9.17, 15) is 9.59 Å². The summed E-state index contributed by atoms with van der Waals surface area (Å²) in [5.41, 5.74) is 1.01. The third kappa shape index (κ3) is 6.65. The Bertz CT molecular complexity index is 730. The zero-order chi connectivity index (χ0) is 21.8. The van der Waals surface area contributed by atoms with E-state index in [1.54, 1.807) is 41.5 Å². The molecule has 0 radical (unpaired) electrons. The Balaban J connectivity index is 1.87. The van der Waals surface area contributed by atoms with Crippen LogP contribution in [0.25, 0.3) is 0 Å². The first kappa shape index (κ1) is 23.0. The van der Waals surface area contributed by atoms with E-state index in [-0.39, 0.29) is 12.7 Å². The van der Waals surface area contributed by atoms with Gasteiger partial charge in [0.1, 0.15) is 17.5 Å². The van der Waals surface area contributed by atoms with Gasteiger partial charge in [0.15, 0.2) is 0 Å². The number of carbonyl (C=O) groups excluding carboxylic acids is 2. The maximum absolute atomic E-state index is 12.5. The highest BCUT2D eigenvalue weighted by molar-refractivity contribution is 5.89. The molecule has 1 aliphatic rings. The Hall–Kier alpha value is -2.24. The quantitative estimate of drug-likeness (QED) is 0.605. The van der Waals surface area contributed by atoms with Crippen molar-refractivity contribution in [3.05, 3.63) is 29.3 Å². The monoisotopic (exact) mass is 405 g/mol. The second kappa shape index (κ2) is 9.06. The summed E-state index contributed by atoms with van der Waals surface area (Å²) in [6.07, 6.45) is 2.32. The lowest BCUT2D eigenvalue weighted by Crippen LogP contribution is -2.51. The number of hydrogen-bond acceptors (Lipinski definition) is 5. The highest BCUT2D eigenvalue weighted by atomic mass is 16.6. The predicted molar refractivity (Wildman–Crippen MR) is 112 cm³/mol. The van der Waals surface area contributed by atoms with Crippen molar-refractivity contribution in [2.45, 2.75) is 91.4 Å². The summed E-state index contributed by atoms with van der Waals surface area (Å²) in [5, 5.41) is 0. The van der Waals surface area contributed by atoms with Gasteiger partial charge in [0.2, 0.25) is 0 Å². The van der Waals surface area contributed by atoms with E-state index in [0.717, 1.165) is 29.9 Å².